The van der Waals surface area contributed by atoms with E-state index in [0.29, 0.717) is 42.0 Å². The molecule has 1 saturated heterocycles. The highest BCUT2D eigenvalue weighted by Crippen LogP contribution is 2.46. The fraction of sp³-hybridized carbons (Fsp3) is 0.634. The van der Waals surface area contributed by atoms with Crippen molar-refractivity contribution >= 4 is 44.6 Å². The number of hydrogen-bond donors (Lipinski definition) is 3. The molecule has 3 aliphatic carbocycles. The predicted octanol–water partition coefficient (Wildman–Crippen LogP) is 4.29. The second-order valence-electron chi connectivity index (χ2n) is 16.4. The maximum absolute atomic E-state index is 14.2. The van der Waals surface area contributed by atoms with Gasteiger partial charge in [-0.15, -0.1) is 6.58 Å². The number of carbonyl (C=O) groups is 4. The van der Waals surface area contributed by atoms with E-state index in [1.165, 1.54) is 11.0 Å². The molecule has 2 aromatic rings. The van der Waals surface area contributed by atoms with Crippen molar-refractivity contribution in [3.63, 3.8) is 0 Å². The maximum Gasteiger partial charge on any atom is 0.407 e. The minimum atomic E-state index is -3.90. The number of amides is 4. The Hall–Kier alpha value is -4.40. The van der Waals surface area contributed by atoms with Crippen LogP contribution in [0.25, 0.3) is 10.8 Å². The lowest BCUT2D eigenvalue weighted by Gasteiger charge is -2.27. The van der Waals surface area contributed by atoms with Gasteiger partial charge in [0.25, 0.3) is 11.5 Å². The molecule has 4 fully saturated rings. The largest absolute Gasteiger partial charge is 0.473 e. The molecule has 1 aromatic carbocycles. The molecule has 5 aliphatic rings. The first-order chi connectivity index (χ1) is 26.9. The smallest absolute Gasteiger partial charge is 0.407 e. The van der Waals surface area contributed by atoms with Crippen LogP contribution in [0.15, 0.2) is 47.8 Å². The van der Waals surface area contributed by atoms with Gasteiger partial charge in [0.05, 0.1) is 11.8 Å². The molecular formula is C41H55N5O9S. The topological polar surface area (TPSA) is 182 Å². The lowest BCUT2D eigenvalue weighted by Crippen LogP contribution is -2.57. The van der Waals surface area contributed by atoms with E-state index in [-0.39, 0.29) is 37.0 Å². The normalized spacial score (nSPS) is 30.0. The number of ether oxygens (including phenoxy) is 2. The van der Waals surface area contributed by atoms with Crippen molar-refractivity contribution in [1.29, 1.82) is 0 Å². The summed E-state index contributed by atoms with van der Waals surface area (Å²) in [6, 6.07) is 7.97. The number of rotatable bonds is 9. The third-order valence-electron chi connectivity index (χ3n) is 12.5. The van der Waals surface area contributed by atoms with Crippen molar-refractivity contribution in [2.24, 2.45) is 17.8 Å². The zero-order chi connectivity index (χ0) is 39.6. The van der Waals surface area contributed by atoms with E-state index in [9.17, 15) is 32.4 Å². The van der Waals surface area contributed by atoms with E-state index < -0.39 is 69.2 Å². The van der Waals surface area contributed by atoms with Gasteiger partial charge in [-0.25, -0.2) is 13.2 Å². The van der Waals surface area contributed by atoms with E-state index in [0.717, 1.165) is 64.2 Å². The Labute approximate surface area is 328 Å². The van der Waals surface area contributed by atoms with Gasteiger partial charge >= 0.3 is 6.09 Å². The van der Waals surface area contributed by atoms with Gasteiger partial charge in [-0.1, -0.05) is 69.7 Å². The fourth-order valence-corrected chi connectivity index (χ4v) is 10.5. The molecule has 2 aliphatic heterocycles. The van der Waals surface area contributed by atoms with Crippen LogP contribution in [0.5, 0.6) is 5.88 Å². The van der Waals surface area contributed by atoms with Gasteiger partial charge in [0.15, 0.2) is 5.88 Å². The second kappa shape index (κ2) is 16.6. The van der Waals surface area contributed by atoms with Crippen LogP contribution in [0.1, 0.15) is 96.8 Å². The molecular weight excluding hydrogens is 739 g/mol. The molecule has 15 heteroatoms. The molecule has 4 amide bonds. The summed E-state index contributed by atoms with van der Waals surface area (Å²) in [7, 11) is -3.90. The van der Waals surface area contributed by atoms with Crippen molar-refractivity contribution in [2.45, 2.75) is 132 Å². The Balaban J connectivity index is 1.16. The fourth-order valence-electron chi connectivity index (χ4n) is 9.12. The minimum Gasteiger partial charge on any atom is -0.473 e. The summed E-state index contributed by atoms with van der Waals surface area (Å²) < 4.78 is 41.7. The number of alkyl carbamates (subject to hydrolysis) is 1. The molecule has 0 spiro atoms. The Kier molecular flexibility index (Phi) is 11.8. The SMILES string of the molecule is C=C[C@@H]1C[C@]1(NC(=O)C1CC2CN1C(=O)CNC(=O)OC1CCC(CCCC)C1CCCCCCn1c(cc3ccccc3c1=O)O2)C(=O)NS(=O)(=O)C1CC1. The van der Waals surface area contributed by atoms with Crippen LogP contribution < -0.4 is 25.7 Å². The summed E-state index contributed by atoms with van der Waals surface area (Å²) in [5.74, 6) is -1.56. The number of pyridine rings is 1. The highest BCUT2D eigenvalue weighted by molar-refractivity contribution is 7.91. The molecule has 2 bridgehead atoms. The third-order valence-corrected chi connectivity index (χ3v) is 14.4. The van der Waals surface area contributed by atoms with Gasteiger partial charge in [0, 0.05) is 30.3 Å². The summed E-state index contributed by atoms with van der Waals surface area (Å²) in [4.78, 5) is 70.0. The Morgan fingerprint density at radius 1 is 1.04 bits per heavy atom. The third kappa shape index (κ3) is 8.47. The van der Waals surface area contributed by atoms with Crippen LogP contribution in [-0.2, 0) is 35.7 Å². The van der Waals surface area contributed by atoms with Crippen molar-refractivity contribution in [1.82, 2.24) is 24.8 Å². The minimum absolute atomic E-state index is 0.0166. The molecule has 0 radical (unpaired) electrons. The van der Waals surface area contributed by atoms with Gasteiger partial charge in [0.2, 0.25) is 21.8 Å². The van der Waals surface area contributed by atoms with E-state index in [1.54, 1.807) is 10.6 Å². The Morgan fingerprint density at radius 2 is 1.82 bits per heavy atom. The first-order valence-electron chi connectivity index (χ1n) is 20.5. The summed E-state index contributed by atoms with van der Waals surface area (Å²) in [5.41, 5.74) is -1.73. The molecule has 14 nitrogen and oxygen atoms in total. The number of unbranched alkanes of at least 4 members (excludes halogenated alkanes) is 1. The average molecular weight is 794 g/mol. The average Bonchev–Trinajstić information content (AvgIpc) is 4.08. The maximum atomic E-state index is 14.2. The first-order valence-corrected chi connectivity index (χ1v) is 22.0. The number of fused-ring (bicyclic) bond motifs is 5. The lowest BCUT2D eigenvalue weighted by molar-refractivity contribution is -0.139. The van der Waals surface area contributed by atoms with Crippen LogP contribution in [0, 0.1) is 17.8 Å². The number of nitrogens with one attached hydrogen (secondary N) is 3. The van der Waals surface area contributed by atoms with Crippen molar-refractivity contribution < 1.29 is 37.1 Å². The summed E-state index contributed by atoms with van der Waals surface area (Å²) in [5, 5.41) is 6.03. The highest BCUT2D eigenvalue weighted by atomic mass is 32.2. The van der Waals surface area contributed by atoms with Gasteiger partial charge in [-0.2, -0.15) is 0 Å². The van der Waals surface area contributed by atoms with E-state index in [1.807, 2.05) is 24.3 Å². The van der Waals surface area contributed by atoms with Crippen LogP contribution in [0.2, 0.25) is 0 Å². The highest BCUT2D eigenvalue weighted by Gasteiger charge is 2.62. The number of sulfonamides is 1. The summed E-state index contributed by atoms with van der Waals surface area (Å²) in [6.07, 6.45) is 10.5. The number of nitrogens with zero attached hydrogens (tertiary/aromatic N) is 2. The molecule has 7 rings (SSSR count). The van der Waals surface area contributed by atoms with Crippen LogP contribution in [-0.4, -0.2) is 83.8 Å². The molecule has 3 saturated carbocycles. The van der Waals surface area contributed by atoms with E-state index in [4.69, 9.17) is 9.47 Å². The zero-order valence-electron chi connectivity index (χ0n) is 32.2. The van der Waals surface area contributed by atoms with Crippen LogP contribution >= 0.6 is 0 Å². The van der Waals surface area contributed by atoms with E-state index >= 15 is 0 Å². The molecule has 5 unspecified atom stereocenters. The first kappa shape index (κ1) is 39.8. The lowest BCUT2D eigenvalue weighted by atomic mass is 9.86. The van der Waals surface area contributed by atoms with Crippen LogP contribution in [0.3, 0.4) is 0 Å². The van der Waals surface area contributed by atoms with Crippen molar-refractivity contribution in [3.05, 3.63) is 53.3 Å². The van der Waals surface area contributed by atoms with Gasteiger partial charge < -0.3 is 25.0 Å². The Bertz CT molecular complexity index is 2010. The number of aromatic nitrogens is 1. The number of carbonyl (C=O) groups excluding carboxylic acids is 4. The van der Waals surface area contributed by atoms with Gasteiger partial charge in [-0.3, -0.25) is 28.5 Å². The standard InChI is InChI=1S/C41H55N5O9S/c1-3-5-12-26-16-19-34-31(26)14-8-6-7-11-20-45-36(21-27-13-9-10-15-32(27)38(45)49)54-29-22-33(46(25-29)35(47)24-42-40(51)55-34)37(48)43-41(23-28(41)4-2)39(50)44-56(52,53)30-17-18-30/h4,9-10,13,15,21,26,28-31,33-34H,2-3,5-8,11-12,14,16-20,22-25H2,1H3,(H,42,51)(H,43,48)(H,44,50)/t26?,28-,29?,31?,33?,34?,41-/m1/s1. The molecule has 304 valence electrons. The number of benzene rings is 1. The van der Waals surface area contributed by atoms with E-state index in [2.05, 4.69) is 28.9 Å². The molecule has 1 aromatic heterocycles. The number of hydrogen-bond acceptors (Lipinski definition) is 9. The predicted molar refractivity (Wildman–Crippen MR) is 209 cm³/mol. The zero-order valence-corrected chi connectivity index (χ0v) is 33.0. The second-order valence-corrected chi connectivity index (χ2v) is 18.4. The van der Waals surface area contributed by atoms with Crippen LogP contribution in [0.4, 0.5) is 4.79 Å². The molecule has 3 N–H and O–H groups in total. The molecule has 7 atom stereocenters. The summed E-state index contributed by atoms with van der Waals surface area (Å²) in [6.45, 7) is 5.89. The monoisotopic (exact) mass is 793 g/mol. The van der Waals surface area contributed by atoms with Crippen molar-refractivity contribution in [2.75, 3.05) is 13.1 Å². The van der Waals surface area contributed by atoms with Crippen molar-refractivity contribution in [3.8, 4) is 5.88 Å². The molecule has 3 heterocycles. The Morgan fingerprint density at radius 3 is 2.57 bits per heavy atom. The molecule has 56 heavy (non-hydrogen) atoms. The van der Waals surface area contributed by atoms with Gasteiger partial charge in [0.1, 0.15) is 30.3 Å². The summed E-state index contributed by atoms with van der Waals surface area (Å²) >= 11 is 0. The quantitative estimate of drug-likeness (QED) is 0.312. The van der Waals surface area contributed by atoms with Gasteiger partial charge in [-0.05, 0) is 68.2 Å².